The van der Waals surface area contributed by atoms with E-state index in [0.29, 0.717) is 21.7 Å². The molecule has 0 saturated carbocycles. The van der Waals surface area contributed by atoms with Crippen molar-refractivity contribution < 1.29 is 9.53 Å². The van der Waals surface area contributed by atoms with Gasteiger partial charge in [0.1, 0.15) is 5.76 Å². The van der Waals surface area contributed by atoms with Crippen molar-refractivity contribution in [1.82, 2.24) is 4.90 Å². The first-order valence-electron chi connectivity index (χ1n) is 6.23. The molecule has 0 atom stereocenters. The Balaban J connectivity index is 3.36. The summed E-state index contributed by atoms with van der Waals surface area (Å²) in [5.74, 6) is 1.28. The number of methoxy groups -OCH3 is 1. The summed E-state index contributed by atoms with van der Waals surface area (Å²) in [5, 5.41) is 1.22. The van der Waals surface area contributed by atoms with Crippen molar-refractivity contribution in [2.24, 2.45) is 4.99 Å². The number of aliphatic imine (C=N–C) groups is 1. The molecule has 1 aliphatic heterocycles. The molecule has 1 rings (SSSR count). The van der Waals surface area contributed by atoms with Crippen molar-refractivity contribution in [1.29, 1.82) is 0 Å². The fraction of sp³-hybridized carbons (Fsp3) is 0.429. The molecule has 1 aliphatic rings. The second kappa shape index (κ2) is 8.17. The number of amidine groups is 1. The van der Waals surface area contributed by atoms with Crippen LogP contribution in [0.15, 0.2) is 40.2 Å². The molecule has 0 aliphatic carbocycles. The number of carbonyl (C=O) groups is 1. The number of hydrogen-bond acceptors (Lipinski definition) is 4. The van der Waals surface area contributed by atoms with Gasteiger partial charge in [-0.25, -0.2) is 0 Å². The Labute approximate surface area is 129 Å². The van der Waals surface area contributed by atoms with Crippen molar-refractivity contribution in [3.05, 3.63) is 35.2 Å². The zero-order valence-electron chi connectivity index (χ0n) is 12.0. The van der Waals surface area contributed by atoms with E-state index in [9.17, 15) is 4.79 Å². The van der Waals surface area contributed by atoms with Gasteiger partial charge in [0.2, 0.25) is 5.91 Å². The van der Waals surface area contributed by atoms with Crippen LogP contribution in [0.25, 0.3) is 0 Å². The lowest BCUT2D eigenvalue weighted by molar-refractivity contribution is -0.123. The van der Waals surface area contributed by atoms with E-state index >= 15 is 0 Å². The van der Waals surface area contributed by atoms with Gasteiger partial charge in [-0.15, -0.1) is 0 Å². The minimum absolute atomic E-state index is 0.140. The van der Waals surface area contributed by atoms with Crippen LogP contribution in [0.5, 0.6) is 0 Å². The predicted molar refractivity (Wildman–Crippen MR) is 85.7 cm³/mol. The number of rotatable bonds is 4. The van der Waals surface area contributed by atoms with Crippen molar-refractivity contribution in [2.75, 3.05) is 19.4 Å². The standard InChI is InChI=1S/C14H19ClN2O2S/c1-5-13(19-4)12(9-10(2)15)17(11(3)18)14-16-7-6-8-20-14/h5,9H,1,6-8H2,2-4H3/b10-9+,13-12-. The Hall–Kier alpha value is -1.20. The number of thioether (sulfide) groups is 1. The monoisotopic (exact) mass is 314 g/mol. The highest BCUT2D eigenvalue weighted by atomic mass is 35.5. The lowest BCUT2D eigenvalue weighted by Crippen LogP contribution is -2.34. The van der Waals surface area contributed by atoms with Gasteiger partial charge in [-0.05, 0) is 25.5 Å². The Morgan fingerprint density at radius 1 is 1.55 bits per heavy atom. The van der Waals surface area contributed by atoms with E-state index in [0.717, 1.165) is 18.7 Å². The van der Waals surface area contributed by atoms with Crippen molar-refractivity contribution in [3.63, 3.8) is 0 Å². The quantitative estimate of drug-likeness (QED) is 0.589. The lowest BCUT2D eigenvalue weighted by Gasteiger charge is -2.26. The summed E-state index contributed by atoms with van der Waals surface area (Å²) in [7, 11) is 1.53. The molecule has 1 heterocycles. The van der Waals surface area contributed by atoms with Crippen LogP contribution in [0.3, 0.4) is 0 Å². The van der Waals surface area contributed by atoms with E-state index in [1.807, 2.05) is 0 Å². The van der Waals surface area contributed by atoms with Gasteiger partial charge in [-0.2, -0.15) is 0 Å². The van der Waals surface area contributed by atoms with Crippen molar-refractivity contribution in [2.45, 2.75) is 20.3 Å². The van der Waals surface area contributed by atoms with E-state index in [-0.39, 0.29) is 5.91 Å². The third kappa shape index (κ3) is 4.42. The van der Waals surface area contributed by atoms with E-state index in [1.54, 1.807) is 30.8 Å². The van der Waals surface area contributed by atoms with Crippen LogP contribution in [0, 0.1) is 0 Å². The van der Waals surface area contributed by atoms with Gasteiger partial charge in [0.25, 0.3) is 0 Å². The molecule has 0 radical (unpaired) electrons. The van der Waals surface area contributed by atoms with Gasteiger partial charge in [-0.3, -0.25) is 14.7 Å². The van der Waals surface area contributed by atoms with Crippen LogP contribution in [0.2, 0.25) is 0 Å². The molecule has 110 valence electrons. The van der Waals surface area contributed by atoms with Gasteiger partial charge in [0.15, 0.2) is 5.17 Å². The lowest BCUT2D eigenvalue weighted by atomic mass is 10.2. The minimum atomic E-state index is -0.140. The molecule has 0 spiro atoms. The fourth-order valence-electron chi connectivity index (χ4n) is 1.72. The molecule has 0 unspecified atom stereocenters. The highest BCUT2D eigenvalue weighted by Crippen LogP contribution is 2.24. The van der Waals surface area contributed by atoms with Gasteiger partial charge in [-0.1, -0.05) is 29.9 Å². The highest BCUT2D eigenvalue weighted by molar-refractivity contribution is 8.13. The maximum Gasteiger partial charge on any atom is 0.230 e. The predicted octanol–water partition coefficient (Wildman–Crippen LogP) is 3.51. The third-order valence-corrected chi connectivity index (χ3v) is 3.69. The number of ether oxygens (including phenoxy) is 1. The SMILES string of the molecule is C=C/C(OC)=C(\C=C(/C)Cl)N(C(C)=O)C1=NCCCS1. The zero-order chi connectivity index (χ0) is 15.1. The number of carbonyl (C=O) groups excluding carboxylic acids is 1. The Kier molecular flexibility index (Phi) is 6.88. The molecular formula is C14H19ClN2O2S. The molecule has 0 aromatic carbocycles. The topological polar surface area (TPSA) is 41.9 Å². The van der Waals surface area contributed by atoms with Crippen molar-refractivity contribution in [3.8, 4) is 0 Å². The first kappa shape index (κ1) is 16.9. The number of allylic oxidation sites excluding steroid dienone is 3. The average molecular weight is 315 g/mol. The van der Waals surface area contributed by atoms with Crippen LogP contribution in [-0.2, 0) is 9.53 Å². The molecule has 20 heavy (non-hydrogen) atoms. The van der Waals surface area contributed by atoms with E-state index in [1.165, 1.54) is 18.9 Å². The van der Waals surface area contributed by atoms with Gasteiger partial charge in [0, 0.05) is 24.3 Å². The summed E-state index contributed by atoms with van der Waals surface area (Å²) in [5.41, 5.74) is 0.552. The van der Waals surface area contributed by atoms with Gasteiger partial charge >= 0.3 is 0 Å². The van der Waals surface area contributed by atoms with Crippen LogP contribution < -0.4 is 0 Å². The largest absolute Gasteiger partial charge is 0.495 e. The van der Waals surface area contributed by atoms with Crippen LogP contribution in [0.4, 0.5) is 0 Å². The molecule has 0 bridgehead atoms. The number of halogens is 1. The van der Waals surface area contributed by atoms with Crippen LogP contribution in [-0.4, -0.2) is 35.4 Å². The highest BCUT2D eigenvalue weighted by Gasteiger charge is 2.24. The summed E-state index contributed by atoms with van der Waals surface area (Å²) >= 11 is 7.52. The molecular weight excluding hydrogens is 296 g/mol. The Morgan fingerprint density at radius 3 is 2.65 bits per heavy atom. The summed E-state index contributed by atoms with van der Waals surface area (Å²) in [6.45, 7) is 7.66. The maximum atomic E-state index is 12.0. The molecule has 0 aromatic heterocycles. The summed E-state index contributed by atoms with van der Waals surface area (Å²) in [6, 6.07) is 0. The average Bonchev–Trinajstić information content (AvgIpc) is 2.40. The van der Waals surface area contributed by atoms with Crippen molar-refractivity contribution >= 4 is 34.4 Å². The summed E-state index contributed by atoms with van der Waals surface area (Å²) < 4.78 is 5.28. The van der Waals surface area contributed by atoms with E-state index in [2.05, 4.69) is 11.6 Å². The normalized spacial score (nSPS) is 17.0. The molecule has 6 heteroatoms. The number of amides is 1. The fourth-order valence-corrected chi connectivity index (χ4v) is 2.82. The summed E-state index contributed by atoms with van der Waals surface area (Å²) in [4.78, 5) is 18.0. The molecule has 0 fully saturated rings. The molecule has 0 aromatic rings. The van der Waals surface area contributed by atoms with Gasteiger partial charge < -0.3 is 4.74 Å². The molecule has 0 N–H and O–H groups in total. The smallest absolute Gasteiger partial charge is 0.230 e. The van der Waals surface area contributed by atoms with Crippen LogP contribution >= 0.6 is 23.4 Å². The molecule has 0 saturated heterocycles. The van der Waals surface area contributed by atoms with Gasteiger partial charge in [0.05, 0.1) is 12.8 Å². The Morgan fingerprint density at radius 2 is 2.25 bits per heavy atom. The first-order valence-corrected chi connectivity index (χ1v) is 7.60. The number of nitrogens with zero attached hydrogens (tertiary/aromatic N) is 2. The number of hydrogen-bond donors (Lipinski definition) is 0. The van der Waals surface area contributed by atoms with E-state index in [4.69, 9.17) is 16.3 Å². The Bertz CT molecular complexity index is 480. The third-order valence-electron chi connectivity index (χ3n) is 2.52. The zero-order valence-corrected chi connectivity index (χ0v) is 13.6. The van der Waals surface area contributed by atoms with E-state index < -0.39 is 0 Å². The second-order valence-corrected chi connectivity index (χ2v) is 5.77. The summed E-state index contributed by atoms with van der Waals surface area (Å²) in [6.07, 6.45) is 4.25. The first-order chi connectivity index (χ1) is 9.51. The molecule has 4 nitrogen and oxygen atoms in total. The molecule has 1 amide bonds. The minimum Gasteiger partial charge on any atom is -0.495 e. The van der Waals surface area contributed by atoms with Crippen LogP contribution in [0.1, 0.15) is 20.3 Å². The maximum absolute atomic E-state index is 12.0. The second-order valence-electron chi connectivity index (χ2n) is 4.11.